The van der Waals surface area contributed by atoms with Crippen LogP contribution in [0.25, 0.3) is 10.9 Å². The zero-order chi connectivity index (χ0) is 17.3. The molecule has 1 saturated heterocycles. The molecule has 5 heteroatoms. The van der Waals surface area contributed by atoms with Gasteiger partial charge in [0, 0.05) is 24.0 Å². The van der Waals surface area contributed by atoms with Crippen molar-refractivity contribution in [2.24, 2.45) is 5.92 Å². The SMILES string of the molecule is COc1cccc2[nH]c(C(=O)N3CCC(CC(C)(C)O)CC3)cc12. The molecule has 0 aliphatic carbocycles. The average molecular weight is 330 g/mol. The van der Waals surface area contributed by atoms with Gasteiger partial charge in [0.15, 0.2) is 0 Å². The van der Waals surface area contributed by atoms with Crippen molar-refractivity contribution in [1.29, 1.82) is 0 Å². The first-order valence-electron chi connectivity index (χ1n) is 8.55. The molecule has 0 radical (unpaired) electrons. The van der Waals surface area contributed by atoms with Gasteiger partial charge in [-0.3, -0.25) is 4.79 Å². The molecule has 2 aromatic rings. The Bertz CT molecular complexity index is 722. The number of nitrogens with one attached hydrogen (secondary N) is 1. The summed E-state index contributed by atoms with van der Waals surface area (Å²) in [7, 11) is 1.64. The quantitative estimate of drug-likeness (QED) is 0.905. The molecule has 1 aliphatic rings. The van der Waals surface area contributed by atoms with Gasteiger partial charge in [0.1, 0.15) is 11.4 Å². The molecule has 1 aromatic heterocycles. The van der Waals surface area contributed by atoms with Crippen molar-refractivity contribution >= 4 is 16.8 Å². The van der Waals surface area contributed by atoms with Crippen LogP contribution < -0.4 is 4.74 Å². The number of amides is 1. The van der Waals surface area contributed by atoms with Crippen LogP contribution in [0.1, 0.15) is 43.6 Å². The maximum absolute atomic E-state index is 12.8. The number of aromatic amines is 1. The third kappa shape index (κ3) is 3.56. The summed E-state index contributed by atoms with van der Waals surface area (Å²) in [5.74, 6) is 1.29. The summed E-state index contributed by atoms with van der Waals surface area (Å²) in [4.78, 5) is 17.9. The van der Waals surface area contributed by atoms with Crippen LogP contribution in [0, 0.1) is 5.92 Å². The highest BCUT2D eigenvalue weighted by molar-refractivity contribution is 5.99. The predicted octanol–water partition coefficient (Wildman–Crippen LogP) is 3.19. The molecule has 2 heterocycles. The van der Waals surface area contributed by atoms with Gasteiger partial charge in [-0.1, -0.05) is 6.07 Å². The second kappa shape index (κ2) is 6.48. The van der Waals surface area contributed by atoms with E-state index >= 15 is 0 Å². The molecule has 1 aromatic carbocycles. The number of benzene rings is 1. The first kappa shape index (κ1) is 16.8. The molecule has 1 fully saturated rings. The van der Waals surface area contributed by atoms with Crippen LogP contribution >= 0.6 is 0 Å². The molecular weight excluding hydrogens is 304 g/mol. The summed E-state index contributed by atoms with van der Waals surface area (Å²) in [6.45, 7) is 5.18. The van der Waals surface area contributed by atoms with E-state index in [1.165, 1.54) is 0 Å². The Labute approximate surface area is 142 Å². The summed E-state index contributed by atoms with van der Waals surface area (Å²) in [6.07, 6.45) is 2.68. The van der Waals surface area contributed by atoms with Gasteiger partial charge in [0.25, 0.3) is 5.91 Å². The van der Waals surface area contributed by atoms with E-state index in [1.807, 2.05) is 43.0 Å². The zero-order valence-electron chi connectivity index (χ0n) is 14.6. The summed E-state index contributed by atoms with van der Waals surface area (Å²) in [5, 5.41) is 10.9. The monoisotopic (exact) mass is 330 g/mol. The Kier molecular flexibility index (Phi) is 4.54. The molecule has 1 aliphatic heterocycles. The number of carbonyl (C=O) groups excluding carboxylic acids is 1. The lowest BCUT2D eigenvalue weighted by Crippen LogP contribution is -2.40. The Morgan fingerprint density at radius 1 is 1.38 bits per heavy atom. The number of methoxy groups -OCH3 is 1. The molecule has 5 nitrogen and oxygen atoms in total. The second-order valence-corrected chi connectivity index (χ2v) is 7.36. The predicted molar refractivity (Wildman–Crippen MR) is 94.4 cm³/mol. The van der Waals surface area contributed by atoms with E-state index in [-0.39, 0.29) is 5.91 Å². The first-order valence-corrected chi connectivity index (χ1v) is 8.55. The molecule has 3 rings (SSSR count). The van der Waals surface area contributed by atoms with Gasteiger partial charge in [0.05, 0.1) is 12.7 Å². The Balaban J connectivity index is 1.70. The van der Waals surface area contributed by atoms with E-state index in [0.717, 1.165) is 49.0 Å². The summed E-state index contributed by atoms with van der Waals surface area (Å²) in [5.41, 5.74) is 0.884. The number of nitrogens with zero attached hydrogens (tertiary/aromatic N) is 1. The molecule has 0 saturated carbocycles. The maximum atomic E-state index is 12.8. The average Bonchev–Trinajstić information content (AvgIpc) is 2.97. The summed E-state index contributed by atoms with van der Waals surface area (Å²) >= 11 is 0. The fourth-order valence-electron chi connectivity index (χ4n) is 3.64. The number of fused-ring (bicyclic) bond motifs is 1. The van der Waals surface area contributed by atoms with Crippen LogP contribution in [-0.2, 0) is 0 Å². The molecule has 130 valence electrons. The van der Waals surface area contributed by atoms with Gasteiger partial charge >= 0.3 is 0 Å². The standard InChI is InChI=1S/C19H26N2O3/c1-19(2,23)12-13-7-9-21(10-8-13)18(22)16-11-14-15(20-16)5-4-6-17(14)24-3/h4-6,11,13,20,23H,7-10,12H2,1-3H3. The van der Waals surface area contributed by atoms with Gasteiger partial charge in [0.2, 0.25) is 0 Å². The van der Waals surface area contributed by atoms with Crippen molar-refractivity contribution in [3.63, 3.8) is 0 Å². The van der Waals surface area contributed by atoms with E-state index < -0.39 is 5.60 Å². The number of hydrogen-bond donors (Lipinski definition) is 2. The lowest BCUT2D eigenvalue weighted by molar-refractivity contribution is 0.0357. The number of hydrogen-bond acceptors (Lipinski definition) is 3. The number of H-pyrrole nitrogens is 1. The van der Waals surface area contributed by atoms with Crippen LogP contribution in [0.2, 0.25) is 0 Å². The molecule has 24 heavy (non-hydrogen) atoms. The molecule has 1 amide bonds. The van der Waals surface area contributed by atoms with Crippen LogP contribution in [0.15, 0.2) is 24.3 Å². The van der Waals surface area contributed by atoms with Gasteiger partial charge in [-0.15, -0.1) is 0 Å². The van der Waals surface area contributed by atoms with E-state index in [1.54, 1.807) is 7.11 Å². The number of ether oxygens (including phenoxy) is 1. The van der Waals surface area contributed by atoms with Crippen molar-refractivity contribution in [3.05, 3.63) is 30.0 Å². The Morgan fingerprint density at radius 2 is 2.08 bits per heavy atom. The highest BCUT2D eigenvalue weighted by atomic mass is 16.5. The van der Waals surface area contributed by atoms with Crippen molar-refractivity contribution in [2.75, 3.05) is 20.2 Å². The minimum absolute atomic E-state index is 0.0370. The largest absolute Gasteiger partial charge is 0.496 e. The topological polar surface area (TPSA) is 65.6 Å². The smallest absolute Gasteiger partial charge is 0.270 e. The molecule has 0 spiro atoms. The van der Waals surface area contributed by atoms with Crippen molar-refractivity contribution in [3.8, 4) is 5.75 Å². The van der Waals surface area contributed by atoms with Crippen LogP contribution in [-0.4, -0.2) is 46.7 Å². The molecule has 2 N–H and O–H groups in total. The Hall–Kier alpha value is -2.01. The highest BCUT2D eigenvalue weighted by Crippen LogP contribution is 2.29. The van der Waals surface area contributed by atoms with Gasteiger partial charge in [-0.2, -0.15) is 0 Å². The fourth-order valence-corrected chi connectivity index (χ4v) is 3.64. The molecule has 0 unspecified atom stereocenters. The number of carbonyl (C=O) groups is 1. The lowest BCUT2D eigenvalue weighted by atomic mass is 9.86. The third-order valence-corrected chi connectivity index (χ3v) is 4.76. The van der Waals surface area contributed by atoms with Crippen LogP contribution in [0.4, 0.5) is 0 Å². The van der Waals surface area contributed by atoms with Crippen LogP contribution in [0.3, 0.4) is 0 Å². The van der Waals surface area contributed by atoms with Crippen molar-refractivity contribution in [1.82, 2.24) is 9.88 Å². The van der Waals surface area contributed by atoms with Gasteiger partial charge in [-0.25, -0.2) is 0 Å². The number of aliphatic hydroxyl groups is 1. The van der Waals surface area contributed by atoms with Crippen LogP contribution in [0.5, 0.6) is 5.75 Å². The number of aromatic nitrogens is 1. The number of piperidine rings is 1. The van der Waals surface area contributed by atoms with Crippen molar-refractivity contribution < 1.29 is 14.6 Å². The normalized spacial score (nSPS) is 16.6. The van der Waals surface area contributed by atoms with E-state index in [4.69, 9.17) is 4.74 Å². The Morgan fingerprint density at radius 3 is 2.71 bits per heavy atom. The summed E-state index contributed by atoms with van der Waals surface area (Å²) < 4.78 is 5.36. The maximum Gasteiger partial charge on any atom is 0.270 e. The van der Waals surface area contributed by atoms with E-state index in [0.29, 0.717) is 11.6 Å². The minimum atomic E-state index is -0.634. The van der Waals surface area contributed by atoms with E-state index in [2.05, 4.69) is 4.98 Å². The number of likely N-dealkylation sites (tertiary alicyclic amines) is 1. The fraction of sp³-hybridized carbons (Fsp3) is 0.526. The highest BCUT2D eigenvalue weighted by Gasteiger charge is 2.28. The summed E-state index contributed by atoms with van der Waals surface area (Å²) in [6, 6.07) is 7.63. The van der Waals surface area contributed by atoms with Gasteiger partial charge in [-0.05, 0) is 57.2 Å². The van der Waals surface area contributed by atoms with Crippen molar-refractivity contribution in [2.45, 2.75) is 38.7 Å². The first-order chi connectivity index (χ1) is 11.4. The van der Waals surface area contributed by atoms with Gasteiger partial charge < -0.3 is 19.7 Å². The zero-order valence-corrected chi connectivity index (χ0v) is 14.6. The third-order valence-electron chi connectivity index (χ3n) is 4.76. The molecule has 0 bridgehead atoms. The lowest BCUT2D eigenvalue weighted by Gasteiger charge is -2.34. The molecule has 0 atom stereocenters. The minimum Gasteiger partial charge on any atom is -0.496 e. The number of rotatable bonds is 4. The second-order valence-electron chi connectivity index (χ2n) is 7.36. The van der Waals surface area contributed by atoms with E-state index in [9.17, 15) is 9.90 Å². The molecular formula is C19H26N2O3.